The second-order valence-corrected chi connectivity index (χ2v) is 1.34. The second-order valence-electron chi connectivity index (χ2n) is 0.448. The maximum absolute atomic E-state index is 8.74. The molecule has 0 radical (unpaired) electrons. The zero-order valence-corrected chi connectivity index (χ0v) is 5.94. The Bertz CT molecular complexity index is 93.0. The first-order valence-corrected chi connectivity index (χ1v) is 2.10. The summed E-state index contributed by atoms with van der Waals surface area (Å²) in [7, 11) is -4.67. The molecule has 0 saturated heterocycles. The van der Waals surface area contributed by atoms with Crippen LogP contribution >= 0.6 is 0 Å². The van der Waals surface area contributed by atoms with Crippen LogP contribution < -0.4 is 0 Å². The van der Waals surface area contributed by atoms with Gasteiger partial charge in [-0.15, -0.1) is 0 Å². The van der Waals surface area contributed by atoms with Crippen LogP contribution in [0.1, 0.15) is 0 Å². The minimum atomic E-state index is -4.67. The Balaban J connectivity index is -0.00000000381. The van der Waals surface area contributed by atoms with Gasteiger partial charge in [-0.25, -0.2) is 0 Å². The van der Waals surface area contributed by atoms with Crippen molar-refractivity contribution in [3.8, 4) is 0 Å². The summed E-state index contributed by atoms with van der Waals surface area (Å²) >= 11 is 0. The van der Waals surface area contributed by atoms with E-state index in [2.05, 4.69) is 0 Å². The van der Waals surface area contributed by atoms with Crippen molar-refractivity contribution in [1.82, 2.24) is 0 Å². The summed E-state index contributed by atoms with van der Waals surface area (Å²) in [6.45, 7) is 0. The molecule has 0 aromatic rings. The van der Waals surface area contributed by atoms with Gasteiger partial charge < -0.3 is 32.9 Å². The van der Waals surface area contributed by atoms with E-state index < -0.39 is 10.4 Å². The van der Waals surface area contributed by atoms with Crippen molar-refractivity contribution in [2.24, 2.45) is 0 Å². The van der Waals surface area contributed by atoms with Crippen LogP contribution in [0.4, 0.5) is 0 Å². The molecule has 0 saturated carbocycles. The summed E-state index contributed by atoms with van der Waals surface area (Å²) in [4.78, 5) is 0. The van der Waals surface area contributed by atoms with Crippen molar-refractivity contribution >= 4 is 29.3 Å². The van der Waals surface area contributed by atoms with Crippen LogP contribution in [0.2, 0.25) is 0 Å². The topological polar surface area (TPSA) is 264 Å². The van der Waals surface area contributed by atoms with Gasteiger partial charge in [0.1, 0.15) is 0 Å². The Labute approximate surface area is 80.2 Å². The summed E-state index contributed by atoms with van der Waals surface area (Å²) in [5.74, 6) is 0. The Kier molecular flexibility index (Phi) is 218. The molecule has 0 spiro atoms. The molecule has 0 atom stereocenters. The molecule has 0 aromatic heterocycles. The van der Waals surface area contributed by atoms with Crippen LogP contribution in [0, 0.1) is 0 Å². The molecule has 0 bridgehead atoms. The Morgan fingerprint density at radius 2 is 0.667 bits per heavy atom. The van der Waals surface area contributed by atoms with Crippen LogP contribution in [0.3, 0.4) is 0 Å². The molecule has 0 aliphatic carbocycles. The van der Waals surface area contributed by atoms with E-state index in [1.165, 1.54) is 0 Å². The number of hydrogen-bond acceptors (Lipinski definition) is 2. The maximum atomic E-state index is 8.74. The molecule has 0 heterocycles. The molecule has 0 aliphatic rings. The first-order chi connectivity index (χ1) is 2.00. The SMILES string of the molecule is O.O.O.O.O.O.O=S(=O)(O)O.[LiH]. The van der Waals surface area contributed by atoms with Crippen molar-refractivity contribution in [2.45, 2.75) is 0 Å². The van der Waals surface area contributed by atoms with Crippen LogP contribution in [-0.4, -0.2) is 69.2 Å². The van der Waals surface area contributed by atoms with Gasteiger partial charge >= 0.3 is 29.3 Å². The van der Waals surface area contributed by atoms with E-state index in [-0.39, 0.29) is 51.7 Å². The quantitative estimate of drug-likeness (QED) is 0.294. The van der Waals surface area contributed by atoms with Gasteiger partial charge in [0.15, 0.2) is 0 Å². The Morgan fingerprint density at radius 1 is 0.667 bits per heavy atom. The third-order valence-corrected chi connectivity index (χ3v) is 0. The van der Waals surface area contributed by atoms with E-state index in [0.29, 0.717) is 0 Å². The molecule has 0 rings (SSSR count). The third kappa shape index (κ3) is 16800. The first-order valence-electron chi connectivity index (χ1n) is 0.698. The van der Waals surface area contributed by atoms with Gasteiger partial charge in [0, 0.05) is 0 Å². The first kappa shape index (κ1) is 86.2. The molecule has 10 nitrogen and oxygen atoms in total. The fourth-order valence-electron chi connectivity index (χ4n) is 0. The van der Waals surface area contributed by atoms with Gasteiger partial charge in [-0.3, -0.25) is 9.11 Å². The Hall–Kier alpha value is 0.227. The van der Waals surface area contributed by atoms with Crippen molar-refractivity contribution in [2.75, 3.05) is 0 Å². The van der Waals surface area contributed by atoms with Gasteiger partial charge in [0.05, 0.1) is 0 Å². The average Bonchev–Trinajstić information content (AvgIpc) is 0.722. The van der Waals surface area contributed by atoms with E-state index in [4.69, 9.17) is 17.5 Å². The van der Waals surface area contributed by atoms with Gasteiger partial charge in [0.2, 0.25) is 0 Å². The van der Waals surface area contributed by atoms with Gasteiger partial charge in [-0.2, -0.15) is 8.42 Å². The summed E-state index contributed by atoms with van der Waals surface area (Å²) in [6, 6.07) is 0. The zero-order valence-electron chi connectivity index (χ0n) is 5.12. The predicted octanol–water partition coefficient (Wildman–Crippen LogP) is -6.25. The summed E-state index contributed by atoms with van der Waals surface area (Å²) in [6.07, 6.45) is 0. The van der Waals surface area contributed by atoms with Crippen molar-refractivity contribution in [3.05, 3.63) is 0 Å². The summed E-state index contributed by atoms with van der Waals surface area (Å²) < 4.78 is 31.6. The molecule has 0 aliphatic heterocycles. The fraction of sp³-hybridized carbons (Fsp3) is 0. The van der Waals surface area contributed by atoms with E-state index in [0.717, 1.165) is 0 Å². The zero-order chi connectivity index (χ0) is 4.50. The van der Waals surface area contributed by atoms with Crippen LogP contribution in [0.25, 0.3) is 0 Å². The minimum absolute atomic E-state index is 0. The standard InChI is InChI=1S/Li.H2O4S.6H2O.H/c;1-5(2,3)4;;;;;;;/h;(H2,1,2,3,4);6*1H2;. The van der Waals surface area contributed by atoms with E-state index in [1.54, 1.807) is 0 Å². The molecule has 0 aromatic carbocycles. The molecule has 12 heavy (non-hydrogen) atoms. The summed E-state index contributed by atoms with van der Waals surface area (Å²) in [5, 5.41) is 0. The van der Waals surface area contributed by atoms with E-state index in [1.807, 2.05) is 0 Å². The van der Waals surface area contributed by atoms with Crippen molar-refractivity contribution in [3.63, 3.8) is 0 Å². The Morgan fingerprint density at radius 3 is 0.667 bits per heavy atom. The van der Waals surface area contributed by atoms with Gasteiger partial charge in [-0.05, 0) is 0 Å². The normalized spacial score (nSPS) is 4.83. The van der Waals surface area contributed by atoms with Crippen molar-refractivity contribution < 1.29 is 50.4 Å². The van der Waals surface area contributed by atoms with Gasteiger partial charge in [0.25, 0.3) is 0 Å². The molecule has 82 valence electrons. The van der Waals surface area contributed by atoms with E-state index in [9.17, 15) is 0 Å². The van der Waals surface area contributed by atoms with Crippen LogP contribution in [0.5, 0.6) is 0 Å². The van der Waals surface area contributed by atoms with Crippen molar-refractivity contribution in [1.29, 1.82) is 0 Å². The molecule has 14 N–H and O–H groups in total. The molecule has 0 fully saturated rings. The monoisotopic (exact) mass is 214 g/mol. The second kappa shape index (κ2) is 30.3. The third-order valence-electron chi connectivity index (χ3n) is 0. The summed E-state index contributed by atoms with van der Waals surface area (Å²) in [5.41, 5.74) is 0. The van der Waals surface area contributed by atoms with E-state index >= 15 is 0 Å². The number of rotatable bonds is 0. The molecule has 12 heteroatoms. The molecule has 0 unspecified atom stereocenters. The predicted molar refractivity (Wildman–Crippen MR) is 43.0 cm³/mol. The van der Waals surface area contributed by atoms with Gasteiger partial charge in [-0.1, -0.05) is 0 Å². The van der Waals surface area contributed by atoms with Crippen LogP contribution in [-0.2, 0) is 10.4 Å². The fourth-order valence-corrected chi connectivity index (χ4v) is 0. The molecular formula is H15LiO10S. The van der Waals surface area contributed by atoms with Crippen LogP contribution in [0.15, 0.2) is 0 Å². The molecule has 0 amide bonds. The average molecular weight is 214 g/mol. The number of hydrogen-bond donors (Lipinski definition) is 2. The molecular weight excluding hydrogens is 199 g/mol.